The summed E-state index contributed by atoms with van der Waals surface area (Å²) in [6.45, 7) is 2.82. The Bertz CT molecular complexity index is 553. The number of piperidine rings is 1. The maximum absolute atomic E-state index is 12.2. The molecule has 5 heteroatoms. The summed E-state index contributed by atoms with van der Waals surface area (Å²) in [4.78, 5) is 14.6. The molecule has 2 atom stereocenters. The van der Waals surface area contributed by atoms with E-state index < -0.39 is 0 Å². The number of nitrogens with zero attached hydrogens (tertiary/aromatic N) is 1. The highest BCUT2D eigenvalue weighted by molar-refractivity contribution is 5.78. The first-order valence-corrected chi connectivity index (χ1v) is 9.56. The number of aliphatic hydroxyl groups excluding tert-OH is 2. The van der Waals surface area contributed by atoms with Crippen molar-refractivity contribution in [3.8, 4) is 0 Å². The molecule has 0 aromatic heterocycles. The first-order chi connectivity index (χ1) is 12.2. The molecular formula is C20H30N2O3. The van der Waals surface area contributed by atoms with Crippen LogP contribution in [0.2, 0.25) is 0 Å². The van der Waals surface area contributed by atoms with Crippen LogP contribution in [0, 0.1) is 11.8 Å². The number of aliphatic hydroxyl groups is 2. The number of carbonyl (C=O) groups is 1. The molecule has 1 aromatic rings. The Morgan fingerprint density at radius 3 is 2.48 bits per heavy atom. The molecule has 25 heavy (non-hydrogen) atoms. The second kappa shape index (κ2) is 8.68. The van der Waals surface area contributed by atoms with Gasteiger partial charge < -0.3 is 20.4 Å². The van der Waals surface area contributed by atoms with Gasteiger partial charge in [-0.1, -0.05) is 18.6 Å². The predicted molar refractivity (Wildman–Crippen MR) is 98.3 cm³/mol. The summed E-state index contributed by atoms with van der Waals surface area (Å²) in [5.74, 6) is 0.466. The monoisotopic (exact) mass is 346 g/mol. The van der Waals surface area contributed by atoms with E-state index in [2.05, 4.69) is 34.5 Å². The molecule has 1 saturated carbocycles. The van der Waals surface area contributed by atoms with E-state index in [1.54, 1.807) is 0 Å². The van der Waals surface area contributed by atoms with Gasteiger partial charge in [-0.05, 0) is 55.7 Å². The van der Waals surface area contributed by atoms with Crippen molar-refractivity contribution < 1.29 is 15.0 Å². The first kappa shape index (κ1) is 18.2. The number of rotatable bonds is 5. The number of hydrogen-bond acceptors (Lipinski definition) is 4. The van der Waals surface area contributed by atoms with Gasteiger partial charge in [0.25, 0.3) is 0 Å². The largest absolute Gasteiger partial charge is 0.396 e. The van der Waals surface area contributed by atoms with E-state index >= 15 is 0 Å². The van der Waals surface area contributed by atoms with Crippen LogP contribution in [0.25, 0.3) is 0 Å². The molecule has 2 unspecified atom stereocenters. The summed E-state index contributed by atoms with van der Waals surface area (Å²) in [6, 6.07) is 8.38. The van der Waals surface area contributed by atoms with E-state index in [-0.39, 0.29) is 17.9 Å². The molecule has 1 amide bonds. The maximum Gasteiger partial charge on any atom is 0.223 e. The zero-order valence-electron chi connectivity index (χ0n) is 14.9. The van der Waals surface area contributed by atoms with Gasteiger partial charge in [0, 0.05) is 37.8 Å². The number of carbonyl (C=O) groups excluding carboxylic acids is 1. The molecule has 1 saturated heterocycles. The molecule has 2 fully saturated rings. The van der Waals surface area contributed by atoms with Crippen molar-refractivity contribution >= 4 is 11.6 Å². The molecule has 1 aliphatic carbocycles. The second-order valence-electron chi connectivity index (χ2n) is 7.51. The molecule has 0 bridgehead atoms. The number of amides is 1. The van der Waals surface area contributed by atoms with Crippen LogP contribution in [0.1, 0.15) is 44.1 Å². The van der Waals surface area contributed by atoms with E-state index in [1.165, 1.54) is 5.69 Å². The van der Waals surface area contributed by atoms with Gasteiger partial charge in [-0.3, -0.25) is 4.79 Å². The van der Waals surface area contributed by atoms with Crippen molar-refractivity contribution in [3.63, 3.8) is 0 Å². The van der Waals surface area contributed by atoms with Crippen molar-refractivity contribution in [2.45, 2.75) is 51.2 Å². The molecule has 1 aliphatic heterocycles. The third-order valence-electron chi connectivity index (χ3n) is 5.66. The van der Waals surface area contributed by atoms with E-state index in [0.29, 0.717) is 25.5 Å². The lowest BCUT2D eigenvalue weighted by atomic mass is 9.86. The fraction of sp³-hybridized carbons (Fsp3) is 0.650. The standard InChI is InChI=1S/C20H30N2O3/c23-14-16-8-10-22(11-9-16)18-6-4-15(5-7-18)13-21-20(25)17-2-1-3-19(24)12-17/h4-7,16-17,19,23-24H,1-3,8-14H2,(H,21,25). The Morgan fingerprint density at radius 2 is 1.84 bits per heavy atom. The normalized spacial score (nSPS) is 25.0. The average Bonchev–Trinajstić information content (AvgIpc) is 2.66. The van der Waals surface area contributed by atoms with Gasteiger partial charge in [0.2, 0.25) is 5.91 Å². The summed E-state index contributed by atoms with van der Waals surface area (Å²) in [6.07, 6.45) is 4.99. The SMILES string of the molecule is O=C(NCc1ccc(N2CCC(CO)CC2)cc1)C1CCCC(O)C1. The number of hydrogen-bond donors (Lipinski definition) is 3. The van der Waals surface area contributed by atoms with Crippen LogP contribution in [0.4, 0.5) is 5.69 Å². The number of benzene rings is 1. The van der Waals surface area contributed by atoms with Crippen LogP contribution < -0.4 is 10.2 Å². The Labute approximate surface area is 150 Å². The van der Waals surface area contributed by atoms with E-state index in [4.69, 9.17) is 0 Å². The van der Waals surface area contributed by atoms with Crippen LogP contribution in [0.15, 0.2) is 24.3 Å². The molecule has 2 aliphatic rings. The van der Waals surface area contributed by atoms with E-state index in [1.807, 2.05) is 0 Å². The molecule has 138 valence electrons. The van der Waals surface area contributed by atoms with Crippen molar-refractivity contribution in [3.05, 3.63) is 29.8 Å². The van der Waals surface area contributed by atoms with Gasteiger partial charge in [-0.2, -0.15) is 0 Å². The Kier molecular flexibility index (Phi) is 6.32. The minimum absolute atomic E-state index is 0.0455. The zero-order valence-corrected chi connectivity index (χ0v) is 14.9. The fourth-order valence-electron chi connectivity index (χ4n) is 3.93. The van der Waals surface area contributed by atoms with Gasteiger partial charge in [0.15, 0.2) is 0 Å². The lowest BCUT2D eigenvalue weighted by Gasteiger charge is -2.33. The summed E-state index contributed by atoms with van der Waals surface area (Å²) in [5, 5.41) is 21.9. The summed E-state index contributed by atoms with van der Waals surface area (Å²) in [5.41, 5.74) is 2.31. The quantitative estimate of drug-likeness (QED) is 0.763. The molecule has 0 radical (unpaired) electrons. The topological polar surface area (TPSA) is 72.8 Å². The Hall–Kier alpha value is -1.59. The van der Waals surface area contributed by atoms with Crippen LogP contribution >= 0.6 is 0 Å². The highest BCUT2D eigenvalue weighted by atomic mass is 16.3. The third kappa shape index (κ3) is 4.95. The lowest BCUT2D eigenvalue weighted by Crippen LogP contribution is -2.35. The van der Waals surface area contributed by atoms with Gasteiger partial charge in [-0.25, -0.2) is 0 Å². The van der Waals surface area contributed by atoms with Gasteiger partial charge >= 0.3 is 0 Å². The van der Waals surface area contributed by atoms with Gasteiger partial charge in [-0.15, -0.1) is 0 Å². The highest BCUT2D eigenvalue weighted by Crippen LogP contribution is 2.25. The van der Waals surface area contributed by atoms with Crippen molar-refractivity contribution in [1.82, 2.24) is 5.32 Å². The van der Waals surface area contributed by atoms with Crippen LogP contribution in [0.5, 0.6) is 0 Å². The lowest BCUT2D eigenvalue weighted by molar-refractivity contribution is -0.127. The van der Waals surface area contributed by atoms with Crippen molar-refractivity contribution in [1.29, 1.82) is 0 Å². The zero-order chi connectivity index (χ0) is 17.6. The average molecular weight is 346 g/mol. The van der Waals surface area contributed by atoms with Crippen LogP contribution in [-0.4, -0.2) is 41.9 Å². The van der Waals surface area contributed by atoms with Gasteiger partial charge in [0.05, 0.1) is 6.10 Å². The molecular weight excluding hydrogens is 316 g/mol. The van der Waals surface area contributed by atoms with Crippen LogP contribution in [0.3, 0.4) is 0 Å². The molecule has 1 aromatic carbocycles. The number of nitrogens with one attached hydrogen (secondary N) is 1. The highest BCUT2D eigenvalue weighted by Gasteiger charge is 2.25. The summed E-state index contributed by atoms with van der Waals surface area (Å²) >= 11 is 0. The fourth-order valence-corrected chi connectivity index (χ4v) is 3.93. The number of anilines is 1. The maximum atomic E-state index is 12.2. The molecule has 3 rings (SSSR count). The predicted octanol–water partition coefficient (Wildman–Crippen LogP) is 2.06. The summed E-state index contributed by atoms with van der Waals surface area (Å²) in [7, 11) is 0. The van der Waals surface area contributed by atoms with Crippen molar-refractivity contribution in [2.75, 3.05) is 24.6 Å². The molecule has 3 N–H and O–H groups in total. The Balaban J connectivity index is 1.47. The first-order valence-electron chi connectivity index (χ1n) is 9.56. The van der Waals surface area contributed by atoms with Crippen molar-refractivity contribution in [2.24, 2.45) is 11.8 Å². The third-order valence-corrected chi connectivity index (χ3v) is 5.66. The second-order valence-corrected chi connectivity index (χ2v) is 7.51. The Morgan fingerprint density at radius 1 is 1.12 bits per heavy atom. The minimum atomic E-state index is -0.321. The molecule has 5 nitrogen and oxygen atoms in total. The van der Waals surface area contributed by atoms with E-state index in [9.17, 15) is 15.0 Å². The smallest absolute Gasteiger partial charge is 0.223 e. The minimum Gasteiger partial charge on any atom is -0.396 e. The molecule has 0 spiro atoms. The molecule has 1 heterocycles. The van der Waals surface area contributed by atoms with Gasteiger partial charge in [0.1, 0.15) is 0 Å². The summed E-state index contributed by atoms with van der Waals surface area (Å²) < 4.78 is 0. The van der Waals surface area contributed by atoms with Crippen LogP contribution in [-0.2, 0) is 11.3 Å². The van der Waals surface area contributed by atoms with E-state index in [0.717, 1.165) is 50.8 Å².